The topological polar surface area (TPSA) is 24.5 Å². The highest BCUT2D eigenvalue weighted by molar-refractivity contribution is 5.45. The molecule has 1 fully saturated rings. The molecule has 0 unspecified atom stereocenters. The second kappa shape index (κ2) is 7.76. The predicted octanol–water partition coefficient (Wildman–Crippen LogP) is 3.06. The van der Waals surface area contributed by atoms with E-state index < -0.39 is 0 Å². The van der Waals surface area contributed by atoms with Gasteiger partial charge in [-0.15, -0.1) is 0 Å². The Morgan fingerprint density at radius 1 is 1.33 bits per heavy atom. The molecule has 1 saturated heterocycles. The fourth-order valence-corrected chi connectivity index (χ4v) is 3.03. The molecule has 3 nitrogen and oxygen atoms in total. The first-order valence-electron chi connectivity index (χ1n) is 7.90. The first kappa shape index (κ1) is 16.2. The average molecular weight is 294 g/mol. The van der Waals surface area contributed by atoms with E-state index in [1.807, 2.05) is 13.1 Å². The summed E-state index contributed by atoms with van der Waals surface area (Å²) in [7, 11) is 2.05. The van der Waals surface area contributed by atoms with Crippen LogP contribution in [0.1, 0.15) is 26.2 Å². The lowest BCUT2D eigenvalue weighted by molar-refractivity contribution is 0.0189. The zero-order chi connectivity index (χ0) is 15.1. The molecule has 1 aromatic carbocycles. The molecule has 1 heterocycles. The van der Waals surface area contributed by atoms with Crippen molar-refractivity contribution >= 4 is 5.69 Å². The summed E-state index contributed by atoms with van der Waals surface area (Å²) in [5, 5.41) is 3.56. The van der Waals surface area contributed by atoms with Gasteiger partial charge in [0.2, 0.25) is 0 Å². The highest BCUT2D eigenvalue weighted by Gasteiger charge is 2.33. The molecule has 118 valence electrons. The van der Waals surface area contributed by atoms with E-state index in [0.717, 1.165) is 57.8 Å². The van der Waals surface area contributed by atoms with E-state index >= 15 is 0 Å². The Hall–Kier alpha value is -1.13. The number of nitrogens with zero attached hydrogens (tertiary/aromatic N) is 1. The lowest BCUT2D eigenvalue weighted by Gasteiger charge is -2.41. The van der Waals surface area contributed by atoms with Gasteiger partial charge in [-0.05, 0) is 44.0 Å². The van der Waals surface area contributed by atoms with E-state index in [0.29, 0.717) is 0 Å². The first-order chi connectivity index (χ1) is 10.2. The SMILES string of the molecule is CCCNCC1(CN(C)c2cccc(F)c2)CCOCC1. The van der Waals surface area contributed by atoms with E-state index in [-0.39, 0.29) is 11.2 Å². The number of benzene rings is 1. The predicted molar refractivity (Wildman–Crippen MR) is 85.3 cm³/mol. The molecule has 0 bridgehead atoms. The maximum atomic E-state index is 13.4. The van der Waals surface area contributed by atoms with Gasteiger partial charge in [0.05, 0.1) is 0 Å². The Morgan fingerprint density at radius 2 is 2.10 bits per heavy atom. The number of hydrogen-bond donors (Lipinski definition) is 1. The van der Waals surface area contributed by atoms with Gasteiger partial charge in [0, 0.05) is 44.5 Å². The Morgan fingerprint density at radius 3 is 2.76 bits per heavy atom. The molecule has 1 aliphatic heterocycles. The smallest absolute Gasteiger partial charge is 0.125 e. The van der Waals surface area contributed by atoms with Crippen LogP contribution >= 0.6 is 0 Å². The molecule has 4 heteroatoms. The van der Waals surface area contributed by atoms with Crippen LogP contribution < -0.4 is 10.2 Å². The Labute approximate surface area is 127 Å². The molecule has 0 spiro atoms. The highest BCUT2D eigenvalue weighted by Crippen LogP contribution is 2.32. The third-order valence-corrected chi connectivity index (χ3v) is 4.30. The van der Waals surface area contributed by atoms with Crippen LogP contribution in [0.5, 0.6) is 0 Å². The standard InChI is InChI=1S/C17H27FN2O/c1-3-9-19-13-17(7-10-21-11-8-17)14-20(2)16-6-4-5-15(18)12-16/h4-6,12,19H,3,7-11,13-14H2,1-2H3. The second-order valence-electron chi connectivity index (χ2n) is 6.13. The van der Waals surface area contributed by atoms with Gasteiger partial charge < -0.3 is 15.0 Å². The van der Waals surface area contributed by atoms with E-state index in [1.54, 1.807) is 12.1 Å². The summed E-state index contributed by atoms with van der Waals surface area (Å²) in [4.78, 5) is 2.17. The van der Waals surface area contributed by atoms with Gasteiger partial charge in [0.25, 0.3) is 0 Å². The molecule has 1 aliphatic rings. The van der Waals surface area contributed by atoms with E-state index in [2.05, 4.69) is 17.1 Å². The van der Waals surface area contributed by atoms with Crippen molar-refractivity contribution in [3.63, 3.8) is 0 Å². The fourth-order valence-electron chi connectivity index (χ4n) is 3.03. The monoisotopic (exact) mass is 294 g/mol. The number of anilines is 1. The highest BCUT2D eigenvalue weighted by atomic mass is 19.1. The lowest BCUT2D eigenvalue weighted by atomic mass is 9.79. The molecule has 0 aliphatic carbocycles. The summed E-state index contributed by atoms with van der Waals surface area (Å²) in [6.07, 6.45) is 3.26. The van der Waals surface area contributed by atoms with E-state index in [9.17, 15) is 4.39 Å². The average Bonchev–Trinajstić information content (AvgIpc) is 2.48. The van der Waals surface area contributed by atoms with Crippen LogP contribution in [0.25, 0.3) is 0 Å². The van der Waals surface area contributed by atoms with Crippen molar-refractivity contribution in [3.8, 4) is 0 Å². The minimum atomic E-state index is -0.176. The summed E-state index contributed by atoms with van der Waals surface area (Å²) in [6, 6.07) is 6.83. The molecule has 0 saturated carbocycles. The number of halogens is 1. The summed E-state index contributed by atoms with van der Waals surface area (Å²) in [5.41, 5.74) is 1.16. The summed E-state index contributed by atoms with van der Waals surface area (Å²) < 4.78 is 18.9. The number of rotatable bonds is 7. The lowest BCUT2D eigenvalue weighted by Crippen LogP contribution is -2.46. The third-order valence-electron chi connectivity index (χ3n) is 4.30. The zero-order valence-electron chi connectivity index (χ0n) is 13.2. The molecule has 1 N–H and O–H groups in total. The van der Waals surface area contributed by atoms with Gasteiger partial charge >= 0.3 is 0 Å². The quantitative estimate of drug-likeness (QED) is 0.782. The minimum Gasteiger partial charge on any atom is -0.381 e. The van der Waals surface area contributed by atoms with E-state index in [1.165, 1.54) is 6.07 Å². The molecule has 0 atom stereocenters. The maximum absolute atomic E-state index is 13.4. The normalized spacial score (nSPS) is 17.7. The van der Waals surface area contributed by atoms with Crippen molar-refractivity contribution in [3.05, 3.63) is 30.1 Å². The summed E-state index contributed by atoms with van der Waals surface area (Å²) >= 11 is 0. The van der Waals surface area contributed by atoms with Crippen molar-refractivity contribution in [2.24, 2.45) is 5.41 Å². The molecule has 21 heavy (non-hydrogen) atoms. The van der Waals surface area contributed by atoms with Crippen molar-refractivity contribution < 1.29 is 9.13 Å². The molecule has 0 radical (unpaired) electrons. The first-order valence-corrected chi connectivity index (χ1v) is 7.90. The van der Waals surface area contributed by atoms with Crippen molar-refractivity contribution in [2.45, 2.75) is 26.2 Å². The number of ether oxygens (including phenoxy) is 1. The summed E-state index contributed by atoms with van der Waals surface area (Å²) in [5.74, 6) is -0.176. The van der Waals surface area contributed by atoms with Crippen LogP contribution in [0.15, 0.2) is 24.3 Å². The van der Waals surface area contributed by atoms with Crippen LogP contribution in [0.2, 0.25) is 0 Å². The molecule has 0 amide bonds. The maximum Gasteiger partial charge on any atom is 0.125 e. The minimum absolute atomic E-state index is 0.176. The second-order valence-corrected chi connectivity index (χ2v) is 6.13. The Bertz CT molecular complexity index is 433. The number of hydrogen-bond acceptors (Lipinski definition) is 3. The van der Waals surface area contributed by atoms with Crippen LogP contribution in [-0.4, -0.2) is 39.9 Å². The summed E-state index contributed by atoms with van der Waals surface area (Å²) in [6.45, 7) is 6.81. The zero-order valence-corrected chi connectivity index (χ0v) is 13.2. The molecular formula is C17H27FN2O. The Balaban J connectivity index is 2.03. The van der Waals surface area contributed by atoms with Gasteiger partial charge in [0.15, 0.2) is 0 Å². The third kappa shape index (κ3) is 4.68. The van der Waals surface area contributed by atoms with Crippen LogP contribution in [0.4, 0.5) is 10.1 Å². The number of nitrogens with one attached hydrogen (secondary N) is 1. The molecule has 2 rings (SSSR count). The van der Waals surface area contributed by atoms with Gasteiger partial charge in [0.1, 0.15) is 5.82 Å². The van der Waals surface area contributed by atoms with Crippen LogP contribution in [0, 0.1) is 11.2 Å². The van der Waals surface area contributed by atoms with Gasteiger partial charge in [-0.25, -0.2) is 4.39 Å². The fraction of sp³-hybridized carbons (Fsp3) is 0.647. The van der Waals surface area contributed by atoms with Crippen molar-refractivity contribution in [1.82, 2.24) is 5.32 Å². The molecular weight excluding hydrogens is 267 g/mol. The largest absolute Gasteiger partial charge is 0.381 e. The van der Waals surface area contributed by atoms with E-state index in [4.69, 9.17) is 4.74 Å². The van der Waals surface area contributed by atoms with Crippen LogP contribution in [-0.2, 0) is 4.74 Å². The van der Waals surface area contributed by atoms with Crippen molar-refractivity contribution in [1.29, 1.82) is 0 Å². The molecule has 0 aromatic heterocycles. The molecule has 1 aromatic rings. The van der Waals surface area contributed by atoms with Gasteiger partial charge in [-0.1, -0.05) is 13.0 Å². The van der Waals surface area contributed by atoms with Crippen molar-refractivity contribution in [2.75, 3.05) is 44.8 Å². The van der Waals surface area contributed by atoms with Gasteiger partial charge in [-0.2, -0.15) is 0 Å². The van der Waals surface area contributed by atoms with Crippen LogP contribution in [0.3, 0.4) is 0 Å². The Kier molecular flexibility index (Phi) is 6.00. The van der Waals surface area contributed by atoms with Gasteiger partial charge in [-0.3, -0.25) is 0 Å².